The van der Waals surface area contributed by atoms with Gasteiger partial charge in [0.15, 0.2) is 0 Å². The Morgan fingerprint density at radius 1 is 0.932 bits per heavy atom. The predicted molar refractivity (Wildman–Crippen MR) is 169 cm³/mol. The van der Waals surface area contributed by atoms with Crippen LogP contribution >= 0.6 is 0 Å². The number of aliphatic hydroxyl groups excluding tert-OH is 1. The molecule has 0 bridgehead atoms. The van der Waals surface area contributed by atoms with Gasteiger partial charge in [0.25, 0.3) is 0 Å². The lowest BCUT2D eigenvalue weighted by molar-refractivity contribution is -0.139. The summed E-state index contributed by atoms with van der Waals surface area (Å²) in [5, 5.41) is 15.1. The summed E-state index contributed by atoms with van der Waals surface area (Å²) >= 11 is 0. The molecule has 0 spiro atoms. The maximum Gasteiger partial charge on any atom is 0.226 e. The number of nitrogens with zero attached hydrogens (tertiary/aromatic N) is 2. The standard InChI is InChI=1S/C32H56F2N4O5S/c1-7-11-37(12-8-2)32(41)26-15-23(10-4)14-25(19-26)31(40)35-29(18-24-16-27(33)20-28(34)17-24)30(39)21-38(13-9-3)36-44(42,43)22(5)6/h4,22-30,36,39H,7-9,11-21H2,1-3,5-6H3,(H,35,40). The molecule has 2 rings (SSSR count). The third-order valence-corrected chi connectivity index (χ3v) is 10.6. The normalized spacial score (nSPS) is 27.5. The van der Waals surface area contributed by atoms with Gasteiger partial charge in [-0.1, -0.05) is 20.8 Å². The van der Waals surface area contributed by atoms with Gasteiger partial charge < -0.3 is 15.3 Å². The highest BCUT2D eigenvalue weighted by Gasteiger charge is 2.39. The lowest BCUT2D eigenvalue weighted by Crippen LogP contribution is -2.55. The van der Waals surface area contributed by atoms with Crippen LogP contribution in [0.4, 0.5) is 8.78 Å². The van der Waals surface area contributed by atoms with Gasteiger partial charge in [-0.3, -0.25) is 9.59 Å². The number of nitrogens with one attached hydrogen (secondary N) is 2. The Kier molecular flexibility index (Phi) is 16.0. The zero-order valence-corrected chi connectivity index (χ0v) is 28.1. The van der Waals surface area contributed by atoms with Crippen LogP contribution in [0.3, 0.4) is 0 Å². The Morgan fingerprint density at radius 2 is 1.50 bits per heavy atom. The van der Waals surface area contributed by atoms with E-state index in [1.54, 1.807) is 13.8 Å². The van der Waals surface area contributed by atoms with Crippen LogP contribution in [0.5, 0.6) is 0 Å². The largest absolute Gasteiger partial charge is 0.390 e. The fourth-order valence-electron chi connectivity index (χ4n) is 6.54. The number of hydrogen-bond donors (Lipinski definition) is 3. The summed E-state index contributed by atoms with van der Waals surface area (Å²) in [7, 11) is -3.69. The van der Waals surface area contributed by atoms with Crippen LogP contribution in [-0.2, 0) is 19.6 Å². The molecule has 0 aromatic rings. The Bertz CT molecular complexity index is 1040. The van der Waals surface area contributed by atoms with Crippen LogP contribution in [0.2, 0.25) is 0 Å². The van der Waals surface area contributed by atoms with Gasteiger partial charge >= 0.3 is 0 Å². The van der Waals surface area contributed by atoms with Gasteiger partial charge in [0.05, 0.1) is 17.4 Å². The number of hydrazine groups is 1. The molecule has 9 nitrogen and oxygen atoms in total. The number of sulfonamides is 1. The molecule has 2 saturated carbocycles. The van der Waals surface area contributed by atoms with Crippen molar-refractivity contribution in [3.63, 3.8) is 0 Å². The molecule has 254 valence electrons. The van der Waals surface area contributed by atoms with Crippen molar-refractivity contribution in [3.05, 3.63) is 0 Å². The third-order valence-electron chi connectivity index (χ3n) is 8.81. The smallest absolute Gasteiger partial charge is 0.226 e. The van der Waals surface area contributed by atoms with E-state index in [1.807, 2.05) is 25.7 Å². The zero-order chi connectivity index (χ0) is 33.0. The minimum absolute atomic E-state index is 0.000796. The molecule has 3 N–H and O–H groups in total. The number of halogens is 2. The molecule has 12 heteroatoms. The molecule has 0 heterocycles. The highest BCUT2D eigenvalue weighted by molar-refractivity contribution is 7.90. The molecule has 44 heavy (non-hydrogen) atoms. The van der Waals surface area contributed by atoms with E-state index in [0.29, 0.717) is 45.3 Å². The van der Waals surface area contributed by atoms with Crippen LogP contribution in [0, 0.1) is 36.0 Å². The maximum absolute atomic E-state index is 14.3. The van der Waals surface area contributed by atoms with E-state index in [-0.39, 0.29) is 50.0 Å². The van der Waals surface area contributed by atoms with Gasteiger partial charge in [-0.05, 0) is 77.6 Å². The van der Waals surface area contributed by atoms with Gasteiger partial charge in [0.1, 0.15) is 12.3 Å². The van der Waals surface area contributed by atoms with E-state index in [4.69, 9.17) is 6.42 Å². The average molecular weight is 647 g/mol. The second-order valence-electron chi connectivity index (χ2n) is 13.1. The topological polar surface area (TPSA) is 119 Å². The number of aliphatic hydroxyl groups is 1. The number of alkyl halides is 2. The first-order chi connectivity index (χ1) is 20.7. The minimum Gasteiger partial charge on any atom is -0.390 e. The fraction of sp³-hybridized carbons (Fsp3) is 0.875. The number of hydrogen-bond acceptors (Lipinski definition) is 6. The quantitative estimate of drug-likeness (QED) is 0.163. The van der Waals surface area contributed by atoms with Crippen molar-refractivity contribution in [2.45, 2.75) is 129 Å². The molecule has 0 aliphatic heterocycles. The van der Waals surface area contributed by atoms with E-state index in [0.717, 1.165) is 12.8 Å². The molecule has 0 aromatic heterocycles. The lowest BCUT2D eigenvalue weighted by atomic mass is 9.74. The molecule has 0 radical (unpaired) electrons. The van der Waals surface area contributed by atoms with Crippen molar-refractivity contribution >= 4 is 21.8 Å². The molecule has 7 atom stereocenters. The summed E-state index contributed by atoms with van der Waals surface area (Å²) in [5.41, 5.74) is 0. The van der Waals surface area contributed by atoms with Gasteiger partial charge in [0, 0.05) is 50.4 Å². The number of terminal acetylenes is 1. The highest BCUT2D eigenvalue weighted by atomic mass is 32.2. The van der Waals surface area contributed by atoms with Gasteiger partial charge in [-0.2, -0.15) is 0 Å². The molecule has 0 saturated heterocycles. The maximum atomic E-state index is 14.3. The van der Waals surface area contributed by atoms with Crippen molar-refractivity contribution in [1.82, 2.24) is 20.1 Å². The average Bonchev–Trinajstić information content (AvgIpc) is 2.95. The van der Waals surface area contributed by atoms with Crippen LogP contribution in [0.25, 0.3) is 0 Å². The van der Waals surface area contributed by atoms with Crippen molar-refractivity contribution < 1.29 is 31.9 Å². The van der Waals surface area contributed by atoms with Crippen LogP contribution < -0.4 is 10.1 Å². The molecule has 7 unspecified atom stereocenters. The van der Waals surface area contributed by atoms with E-state index < -0.39 is 57.5 Å². The number of carbonyl (C=O) groups excluding carboxylic acids is 2. The summed E-state index contributed by atoms with van der Waals surface area (Å²) in [4.78, 5) is 31.6. The molecule has 2 aliphatic carbocycles. The predicted octanol–water partition coefficient (Wildman–Crippen LogP) is 3.97. The first-order valence-corrected chi connectivity index (χ1v) is 18.1. The Hall–Kier alpha value is -1.81. The third kappa shape index (κ3) is 11.8. The summed E-state index contributed by atoms with van der Waals surface area (Å²) in [5.74, 6) is 0.749. The summed E-state index contributed by atoms with van der Waals surface area (Å²) < 4.78 is 53.8. The van der Waals surface area contributed by atoms with Gasteiger partial charge in [-0.25, -0.2) is 22.2 Å². The number of carbonyl (C=O) groups is 2. The van der Waals surface area contributed by atoms with E-state index in [1.165, 1.54) is 5.01 Å². The highest BCUT2D eigenvalue weighted by Crippen LogP contribution is 2.36. The Labute approximate surface area is 264 Å². The fourth-order valence-corrected chi connectivity index (χ4v) is 7.27. The van der Waals surface area contributed by atoms with Crippen molar-refractivity contribution in [2.24, 2.45) is 23.7 Å². The van der Waals surface area contributed by atoms with Crippen LogP contribution in [0.15, 0.2) is 0 Å². The van der Waals surface area contributed by atoms with E-state index in [9.17, 15) is 31.9 Å². The van der Waals surface area contributed by atoms with E-state index in [2.05, 4.69) is 16.1 Å². The number of rotatable bonds is 17. The second-order valence-corrected chi connectivity index (χ2v) is 15.3. The molecule has 2 fully saturated rings. The second kappa shape index (κ2) is 18.4. The first kappa shape index (κ1) is 38.4. The summed E-state index contributed by atoms with van der Waals surface area (Å²) in [6, 6.07) is -0.884. The van der Waals surface area contributed by atoms with Crippen molar-refractivity contribution in [3.8, 4) is 12.3 Å². The van der Waals surface area contributed by atoms with Crippen molar-refractivity contribution in [2.75, 3.05) is 26.2 Å². The van der Waals surface area contributed by atoms with Gasteiger partial charge in [0.2, 0.25) is 21.8 Å². The molecule has 2 aliphatic rings. The summed E-state index contributed by atoms with van der Waals surface area (Å²) in [6.07, 6.45) is 5.67. The molecular formula is C32H56F2N4O5S. The van der Waals surface area contributed by atoms with Crippen LogP contribution in [-0.4, -0.2) is 91.2 Å². The SMILES string of the molecule is C#CC1CC(C(=O)NC(CC2CC(F)CC(F)C2)C(O)CN(CCC)NS(=O)(=O)C(C)C)CC(C(=O)N(CCC)CCC)C1. The monoisotopic (exact) mass is 646 g/mol. The zero-order valence-electron chi connectivity index (χ0n) is 27.3. The molecular weight excluding hydrogens is 590 g/mol. The molecule has 0 aromatic carbocycles. The Morgan fingerprint density at radius 3 is 2.02 bits per heavy atom. The van der Waals surface area contributed by atoms with Gasteiger partial charge in [-0.15, -0.1) is 17.2 Å². The lowest BCUT2D eigenvalue weighted by Gasteiger charge is -2.37. The van der Waals surface area contributed by atoms with Crippen molar-refractivity contribution in [1.29, 1.82) is 0 Å². The summed E-state index contributed by atoms with van der Waals surface area (Å²) in [6.45, 7) is 10.5. The Balaban J connectivity index is 2.27. The first-order valence-electron chi connectivity index (χ1n) is 16.5. The number of amides is 2. The van der Waals surface area contributed by atoms with E-state index >= 15 is 0 Å². The van der Waals surface area contributed by atoms with Crippen LogP contribution in [0.1, 0.15) is 98.8 Å². The minimum atomic E-state index is -3.69. The molecule has 2 amide bonds.